The predicted molar refractivity (Wildman–Crippen MR) is 82.9 cm³/mol. The molecule has 2 aromatic heterocycles. The van der Waals surface area contributed by atoms with Crippen molar-refractivity contribution in [3.63, 3.8) is 0 Å². The second-order valence-electron chi connectivity index (χ2n) is 4.75. The molecule has 2 heterocycles. The van der Waals surface area contributed by atoms with E-state index in [1.54, 1.807) is 0 Å². The number of aromatic amines is 1. The van der Waals surface area contributed by atoms with Gasteiger partial charge in [0.1, 0.15) is 4.90 Å². The van der Waals surface area contributed by atoms with E-state index in [1.165, 1.54) is 31.5 Å². The maximum Gasteiger partial charge on any atom is 0.475 e. The van der Waals surface area contributed by atoms with Crippen LogP contribution in [0.2, 0.25) is 0 Å². The molecule has 0 fully saturated rings. The van der Waals surface area contributed by atoms with E-state index < -0.39 is 36.6 Å². The maximum atomic E-state index is 12.5. The minimum Gasteiger partial charge on any atom is -0.326 e. The fourth-order valence-electron chi connectivity index (χ4n) is 1.80. The number of aromatic nitrogens is 2. The van der Waals surface area contributed by atoms with Gasteiger partial charge in [-0.1, -0.05) is 11.6 Å². The molecule has 1 unspecified atom stereocenters. The monoisotopic (exact) mass is 396 g/mol. The number of halogens is 3. The van der Waals surface area contributed by atoms with Gasteiger partial charge in [-0.25, -0.2) is 12.6 Å². The third-order valence-electron chi connectivity index (χ3n) is 3.06. The molecule has 136 valence electrons. The Bertz CT molecular complexity index is 971. The van der Waals surface area contributed by atoms with Gasteiger partial charge in [-0.2, -0.15) is 18.6 Å². The molecule has 0 aliphatic rings. The van der Waals surface area contributed by atoms with Crippen molar-refractivity contribution in [2.75, 3.05) is 11.2 Å². The summed E-state index contributed by atoms with van der Waals surface area (Å²) in [5, 5.41) is 0. The third-order valence-corrected chi connectivity index (χ3v) is 5.87. The number of hydrogen-bond acceptors (Lipinski definition) is 5. The first kappa shape index (κ1) is 19.1. The summed E-state index contributed by atoms with van der Waals surface area (Å²) in [6, 6.07) is 3.52. The van der Waals surface area contributed by atoms with E-state index in [-0.39, 0.29) is 16.3 Å². The molecule has 12 heteroatoms. The second-order valence-corrected chi connectivity index (χ2v) is 8.50. The highest BCUT2D eigenvalue weighted by Crippen LogP contribution is 2.26. The average molecular weight is 396 g/mol. The third kappa shape index (κ3) is 4.45. The Hall–Kier alpha value is -2.21. The number of nitrogens with one attached hydrogen (secondary N) is 2. The van der Waals surface area contributed by atoms with E-state index in [1.807, 2.05) is 0 Å². The van der Waals surface area contributed by atoms with E-state index in [4.69, 9.17) is 0 Å². The van der Waals surface area contributed by atoms with Crippen LogP contribution in [0, 0.1) is 0 Å². The molecule has 0 radical (unpaired) electrons. The highest BCUT2D eigenvalue weighted by molar-refractivity contribution is 7.91. The molecule has 25 heavy (non-hydrogen) atoms. The van der Waals surface area contributed by atoms with Crippen molar-refractivity contribution in [2.45, 2.75) is 22.2 Å². The number of pyridine rings is 2. The summed E-state index contributed by atoms with van der Waals surface area (Å²) in [7, 11) is -6.82. The number of anilines is 1. The van der Waals surface area contributed by atoms with Gasteiger partial charge in [-0.05, 0) is 12.1 Å². The summed E-state index contributed by atoms with van der Waals surface area (Å²) >= 11 is 0. The first-order valence-electron chi connectivity index (χ1n) is 6.77. The number of rotatable bonds is 5. The van der Waals surface area contributed by atoms with E-state index in [9.17, 15) is 30.6 Å². The van der Waals surface area contributed by atoms with Crippen LogP contribution in [0.15, 0.2) is 51.4 Å². The number of hydrogen-bond donors (Lipinski definition) is 2. The van der Waals surface area contributed by atoms with Crippen molar-refractivity contribution >= 4 is 26.3 Å². The molecule has 1 atom stereocenters. The Morgan fingerprint density at radius 2 is 2.04 bits per heavy atom. The van der Waals surface area contributed by atoms with Gasteiger partial charge in [0, 0.05) is 12.3 Å². The highest BCUT2D eigenvalue weighted by atomic mass is 32.2. The number of sulfone groups is 1. The van der Waals surface area contributed by atoms with Crippen molar-refractivity contribution in [3.05, 3.63) is 47.1 Å². The summed E-state index contributed by atoms with van der Waals surface area (Å²) in [5.74, 6) is -0.141. The Balaban J connectivity index is 2.40. The van der Waals surface area contributed by atoms with Gasteiger partial charge in [-0.15, -0.1) is 0 Å². The number of nitrogens with zero attached hydrogens (tertiary/aromatic N) is 1. The standard InChI is InChI=1S/C13H12F3N3O4S2/c1-2-25(22,23)10-4-3-5-19(8-10)18-11-6-9(7-17-12(11)20)24(21)13(14,15)16/h3-8,18H,2H2,1H3/p+1. The van der Waals surface area contributed by atoms with Crippen molar-refractivity contribution < 1.29 is 30.5 Å². The van der Waals surface area contributed by atoms with Crippen LogP contribution in [-0.2, 0) is 20.6 Å². The average Bonchev–Trinajstić information content (AvgIpc) is 2.55. The number of H-pyrrole nitrogens is 1. The molecule has 0 aromatic carbocycles. The Morgan fingerprint density at radius 1 is 1.36 bits per heavy atom. The topological polar surface area (TPSA) is 100.0 Å². The van der Waals surface area contributed by atoms with Crippen molar-refractivity contribution in [2.24, 2.45) is 0 Å². The fraction of sp³-hybridized carbons (Fsp3) is 0.231. The Morgan fingerprint density at radius 3 is 2.64 bits per heavy atom. The summed E-state index contributed by atoms with van der Waals surface area (Å²) in [6.45, 7) is 1.46. The van der Waals surface area contributed by atoms with Gasteiger partial charge in [0.25, 0.3) is 5.56 Å². The normalized spacial score (nSPS) is 13.4. The zero-order valence-corrected chi connectivity index (χ0v) is 14.3. The molecule has 0 aliphatic carbocycles. The maximum absolute atomic E-state index is 12.5. The summed E-state index contributed by atoms with van der Waals surface area (Å²) < 4.78 is 73.8. The lowest BCUT2D eigenvalue weighted by atomic mass is 10.4. The van der Waals surface area contributed by atoms with Crippen molar-refractivity contribution in [3.8, 4) is 0 Å². The van der Waals surface area contributed by atoms with Crippen LogP contribution in [0.5, 0.6) is 0 Å². The van der Waals surface area contributed by atoms with E-state index in [0.717, 1.165) is 10.7 Å². The molecule has 2 rings (SSSR count). The Labute approximate surface area is 142 Å². The van der Waals surface area contributed by atoms with Crippen LogP contribution in [0.3, 0.4) is 0 Å². The van der Waals surface area contributed by atoms with Crippen molar-refractivity contribution in [1.82, 2.24) is 4.98 Å². The molecule has 0 spiro atoms. The predicted octanol–water partition coefficient (Wildman–Crippen LogP) is 0.959. The van der Waals surface area contributed by atoms with Gasteiger partial charge in [0.05, 0.1) is 10.6 Å². The molecule has 0 saturated heterocycles. The quantitative estimate of drug-likeness (QED) is 0.734. The van der Waals surface area contributed by atoms with Crippen molar-refractivity contribution in [1.29, 1.82) is 0 Å². The second kappa shape index (κ2) is 6.96. The smallest absolute Gasteiger partial charge is 0.326 e. The molecule has 2 aromatic rings. The summed E-state index contributed by atoms with van der Waals surface area (Å²) in [4.78, 5) is 13.1. The fourth-order valence-corrected chi connectivity index (χ4v) is 3.35. The van der Waals surface area contributed by atoms with Gasteiger partial charge < -0.3 is 4.98 Å². The largest absolute Gasteiger partial charge is 0.475 e. The van der Waals surface area contributed by atoms with E-state index in [2.05, 4.69) is 10.4 Å². The van der Waals surface area contributed by atoms with Crippen LogP contribution in [0.1, 0.15) is 6.92 Å². The molecule has 0 aliphatic heterocycles. The Kier molecular flexibility index (Phi) is 5.32. The molecular formula is C13H13F3N3O4S2+. The number of alkyl halides is 3. The SMILES string of the molecule is CCS(=O)(=O)c1ccc[n+](Nc2cc(S(=O)C(F)(F)F)c[nH]c2=O)c1. The molecule has 0 bridgehead atoms. The summed E-state index contributed by atoms with van der Waals surface area (Å²) in [5.41, 5.74) is -3.60. The van der Waals surface area contributed by atoms with Crippen LogP contribution in [-0.4, -0.2) is 28.9 Å². The van der Waals surface area contributed by atoms with Gasteiger partial charge >= 0.3 is 5.51 Å². The highest BCUT2D eigenvalue weighted by Gasteiger charge is 2.38. The lowest BCUT2D eigenvalue weighted by Gasteiger charge is -2.07. The molecule has 2 N–H and O–H groups in total. The molecule has 7 nitrogen and oxygen atoms in total. The molecule has 0 saturated carbocycles. The summed E-state index contributed by atoms with van der Waals surface area (Å²) in [6.07, 6.45) is 3.24. The lowest BCUT2D eigenvalue weighted by Crippen LogP contribution is -2.44. The van der Waals surface area contributed by atoms with Crippen LogP contribution in [0.4, 0.5) is 18.9 Å². The first-order valence-corrected chi connectivity index (χ1v) is 9.57. The van der Waals surface area contributed by atoms with E-state index in [0.29, 0.717) is 6.20 Å². The zero-order chi connectivity index (χ0) is 18.8. The van der Waals surface area contributed by atoms with E-state index >= 15 is 0 Å². The minimum absolute atomic E-state index is 0.0311. The minimum atomic E-state index is -4.97. The van der Waals surface area contributed by atoms with Gasteiger partial charge in [0.15, 0.2) is 32.5 Å². The van der Waals surface area contributed by atoms with Crippen LogP contribution < -0.4 is 15.7 Å². The lowest BCUT2D eigenvalue weighted by molar-refractivity contribution is -0.645. The van der Waals surface area contributed by atoms with Gasteiger partial charge in [0.2, 0.25) is 6.20 Å². The molecule has 0 amide bonds. The molecular weight excluding hydrogens is 383 g/mol. The first-order chi connectivity index (χ1) is 11.5. The van der Waals surface area contributed by atoms with Crippen LogP contribution >= 0.6 is 0 Å². The van der Waals surface area contributed by atoms with Gasteiger partial charge in [-0.3, -0.25) is 4.79 Å². The van der Waals surface area contributed by atoms with Crippen LogP contribution in [0.25, 0.3) is 0 Å². The zero-order valence-electron chi connectivity index (χ0n) is 12.7.